The van der Waals surface area contributed by atoms with Crippen LogP contribution in [-0.4, -0.2) is 61.2 Å². The molecule has 2 aromatic carbocycles. The van der Waals surface area contributed by atoms with Crippen molar-refractivity contribution >= 4 is 29.8 Å². The summed E-state index contributed by atoms with van der Waals surface area (Å²) in [6, 6.07) is 19.9. The Morgan fingerprint density at radius 2 is 1.74 bits per heavy atom. The van der Waals surface area contributed by atoms with Gasteiger partial charge in [-0.3, -0.25) is 9.69 Å². The quantitative estimate of drug-likeness (QED) is 0.551. The van der Waals surface area contributed by atoms with Gasteiger partial charge in [0.15, 0.2) is 11.5 Å². The van der Waals surface area contributed by atoms with Crippen LogP contribution in [0, 0.1) is 0 Å². The number of hydrogen-bond donors (Lipinski definition) is 1. The first-order valence-electron chi connectivity index (χ1n) is 11.9. The van der Waals surface area contributed by atoms with Gasteiger partial charge < -0.3 is 19.7 Å². The maximum atomic E-state index is 12.5. The van der Waals surface area contributed by atoms with Gasteiger partial charge in [0.2, 0.25) is 0 Å². The lowest BCUT2D eigenvalue weighted by atomic mass is 10.0. The molecular formula is C27H31ClN4O3. The Morgan fingerprint density at radius 1 is 0.971 bits per heavy atom. The maximum absolute atomic E-state index is 12.5. The molecule has 1 amide bonds. The monoisotopic (exact) mass is 494 g/mol. The number of fused-ring (bicyclic) bond motifs is 1. The lowest BCUT2D eigenvalue weighted by molar-refractivity contribution is 0.102. The summed E-state index contributed by atoms with van der Waals surface area (Å²) in [5, 5.41) is 2.83. The van der Waals surface area contributed by atoms with Crippen molar-refractivity contribution in [2.45, 2.75) is 19.4 Å². The van der Waals surface area contributed by atoms with Crippen LogP contribution < -0.4 is 19.7 Å². The summed E-state index contributed by atoms with van der Waals surface area (Å²) in [5.74, 6) is 2.13. The lowest BCUT2D eigenvalue weighted by Crippen LogP contribution is -2.50. The Balaban J connectivity index is 0.00000289. The molecule has 8 heteroatoms. The van der Waals surface area contributed by atoms with E-state index in [1.54, 1.807) is 12.3 Å². The standard InChI is InChI=1S/C27H30N4O3.ClH/c1-20(19-21-8-10-22(11-9-21)27(32)29-25-7-2-3-12-28-25)30-13-15-31(16-14-30)23-5-4-6-24-26(23)34-18-17-33-24;/h2-12,20H,13-19H2,1H3,(H,28,29,32);1H/t20-;/m1./s1. The number of ether oxygens (including phenoxy) is 2. The highest BCUT2D eigenvalue weighted by Crippen LogP contribution is 2.39. The molecule has 2 aliphatic rings. The molecule has 3 heterocycles. The Morgan fingerprint density at radius 3 is 2.49 bits per heavy atom. The fraction of sp³-hybridized carbons (Fsp3) is 0.333. The van der Waals surface area contributed by atoms with Gasteiger partial charge in [0, 0.05) is 44.0 Å². The second-order valence-electron chi connectivity index (χ2n) is 8.74. The number of anilines is 2. The summed E-state index contributed by atoms with van der Waals surface area (Å²) < 4.78 is 11.7. The van der Waals surface area contributed by atoms with Crippen molar-refractivity contribution in [1.29, 1.82) is 0 Å². The number of halogens is 1. The van der Waals surface area contributed by atoms with Crippen LogP contribution in [0.4, 0.5) is 11.5 Å². The van der Waals surface area contributed by atoms with Gasteiger partial charge in [-0.05, 0) is 55.3 Å². The fourth-order valence-corrected chi connectivity index (χ4v) is 4.60. The second-order valence-corrected chi connectivity index (χ2v) is 8.74. The third-order valence-corrected chi connectivity index (χ3v) is 6.48. The van der Waals surface area contributed by atoms with Crippen LogP contribution in [0.5, 0.6) is 11.5 Å². The van der Waals surface area contributed by atoms with Crippen molar-refractivity contribution in [2.75, 3.05) is 49.6 Å². The average molecular weight is 495 g/mol. The van der Waals surface area contributed by atoms with Crippen LogP contribution >= 0.6 is 12.4 Å². The Kier molecular flexibility index (Phi) is 8.10. The van der Waals surface area contributed by atoms with E-state index in [4.69, 9.17) is 9.47 Å². The molecule has 0 spiro atoms. The van der Waals surface area contributed by atoms with Gasteiger partial charge in [-0.25, -0.2) is 4.98 Å². The maximum Gasteiger partial charge on any atom is 0.256 e. The molecule has 1 atom stereocenters. The Hall–Kier alpha value is -3.29. The first-order valence-corrected chi connectivity index (χ1v) is 11.9. The molecule has 7 nitrogen and oxygen atoms in total. The van der Waals surface area contributed by atoms with E-state index in [1.165, 1.54) is 5.56 Å². The van der Waals surface area contributed by atoms with Gasteiger partial charge >= 0.3 is 0 Å². The van der Waals surface area contributed by atoms with Crippen LogP contribution in [-0.2, 0) is 6.42 Å². The highest BCUT2D eigenvalue weighted by molar-refractivity contribution is 6.03. The molecular weight excluding hydrogens is 464 g/mol. The van der Waals surface area contributed by atoms with Crippen LogP contribution in [0.1, 0.15) is 22.8 Å². The molecule has 0 unspecified atom stereocenters. The third kappa shape index (κ3) is 5.86. The highest BCUT2D eigenvalue weighted by atomic mass is 35.5. The normalized spacial score (nSPS) is 16.2. The molecule has 1 fully saturated rings. The molecule has 1 aromatic heterocycles. The smallest absolute Gasteiger partial charge is 0.256 e. The van der Waals surface area contributed by atoms with Crippen molar-refractivity contribution < 1.29 is 14.3 Å². The highest BCUT2D eigenvalue weighted by Gasteiger charge is 2.25. The van der Waals surface area contributed by atoms with Gasteiger partial charge in [0.1, 0.15) is 19.0 Å². The van der Waals surface area contributed by atoms with Crippen LogP contribution in [0.2, 0.25) is 0 Å². The van der Waals surface area contributed by atoms with E-state index in [1.807, 2.05) is 48.5 Å². The van der Waals surface area contributed by atoms with Crippen molar-refractivity contribution in [3.05, 3.63) is 78.0 Å². The SMILES string of the molecule is C[C@H](Cc1ccc(C(=O)Nc2ccccn2)cc1)N1CCN(c2cccc3c2OCCO3)CC1.Cl. The number of carbonyl (C=O) groups is 1. The number of nitrogens with one attached hydrogen (secondary N) is 1. The largest absolute Gasteiger partial charge is 0.486 e. The number of aromatic nitrogens is 1. The Labute approximate surface area is 212 Å². The summed E-state index contributed by atoms with van der Waals surface area (Å²) in [6.07, 6.45) is 2.61. The predicted molar refractivity (Wildman–Crippen MR) is 140 cm³/mol. The van der Waals surface area contributed by atoms with Crippen LogP contribution in [0.15, 0.2) is 66.9 Å². The summed E-state index contributed by atoms with van der Waals surface area (Å²) in [4.78, 5) is 21.5. The Bertz CT molecular complexity index is 1120. The molecule has 1 N–H and O–H groups in total. The molecule has 1 saturated heterocycles. The van der Waals surface area contributed by atoms with Crippen molar-refractivity contribution in [3.8, 4) is 11.5 Å². The lowest BCUT2D eigenvalue weighted by Gasteiger charge is -2.40. The number of rotatable bonds is 6. The van der Waals surface area contributed by atoms with E-state index >= 15 is 0 Å². The molecule has 0 radical (unpaired) electrons. The van der Waals surface area contributed by atoms with Crippen LogP contribution in [0.3, 0.4) is 0 Å². The topological polar surface area (TPSA) is 66.9 Å². The fourth-order valence-electron chi connectivity index (χ4n) is 4.60. The first-order chi connectivity index (χ1) is 16.7. The first kappa shape index (κ1) is 24.8. The summed E-state index contributed by atoms with van der Waals surface area (Å²) >= 11 is 0. The van der Waals surface area contributed by atoms with Crippen LogP contribution in [0.25, 0.3) is 0 Å². The van der Waals surface area contributed by atoms with E-state index in [2.05, 4.69) is 33.1 Å². The van der Waals surface area contributed by atoms with Gasteiger partial charge in [-0.15, -0.1) is 12.4 Å². The zero-order chi connectivity index (χ0) is 23.3. The van der Waals surface area contributed by atoms with Gasteiger partial charge in [-0.2, -0.15) is 0 Å². The van der Waals surface area contributed by atoms with Gasteiger partial charge in [0.25, 0.3) is 5.91 Å². The second kappa shape index (κ2) is 11.4. The number of para-hydroxylation sites is 1. The van der Waals surface area contributed by atoms with Gasteiger partial charge in [-0.1, -0.05) is 24.3 Å². The molecule has 0 aliphatic carbocycles. The number of pyridine rings is 1. The third-order valence-electron chi connectivity index (χ3n) is 6.48. The van der Waals surface area contributed by atoms with Gasteiger partial charge in [0.05, 0.1) is 5.69 Å². The van der Waals surface area contributed by atoms with E-state index in [0.717, 1.165) is 49.8 Å². The van der Waals surface area contributed by atoms with E-state index in [9.17, 15) is 4.79 Å². The van der Waals surface area contributed by atoms with Crippen molar-refractivity contribution in [2.24, 2.45) is 0 Å². The van der Waals surface area contributed by atoms with E-state index in [-0.39, 0.29) is 18.3 Å². The molecule has 35 heavy (non-hydrogen) atoms. The number of benzene rings is 2. The average Bonchev–Trinajstić information content (AvgIpc) is 2.89. The van der Waals surface area contributed by atoms with Crippen molar-refractivity contribution in [1.82, 2.24) is 9.88 Å². The zero-order valence-corrected chi connectivity index (χ0v) is 20.7. The minimum atomic E-state index is -0.146. The number of hydrogen-bond acceptors (Lipinski definition) is 6. The molecule has 0 saturated carbocycles. The molecule has 5 rings (SSSR count). The minimum Gasteiger partial charge on any atom is -0.486 e. The number of amides is 1. The number of carbonyl (C=O) groups excluding carboxylic acids is 1. The minimum absolute atomic E-state index is 0. The molecule has 0 bridgehead atoms. The van der Waals surface area contributed by atoms with E-state index in [0.29, 0.717) is 30.6 Å². The molecule has 3 aromatic rings. The zero-order valence-electron chi connectivity index (χ0n) is 19.9. The summed E-state index contributed by atoms with van der Waals surface area (Å²) in [7, 11) is 0. The number of piperazine rings is 1. The summed E-state index contributed by atoms with van der Waals surface area (Å²) in [5.41, 5.74) is 2.99. The predicted octanol–water partition coefficient (Wildman–Crippen LogP) is 4.28. The van der Waals surface area contributed by atoms with E-state index < -0.39 is 0 Å². The number of nitrogens with zero attached hydrogens (tertiary/aromatic N) is 3. The van der Waals surface area contributed by atoms with Crippen molar-refractivity contribution in [3.63, 3.8) is 0 Å². The molecule has 184 valence electrons. The molecule has 2 aliphatic heterocycles. The summed E-state index contributed by atoms with van der Waals surface area (Å²) in [6.45, 7) is 7.39.